The van der Waals surface area contributed by atoms with Crippen LogP contribution in [0.25, 0.3) is 5.69 Å². The predicted molar refractivity (Wildman–Crippen MR) is 87.8 cm³/mol. The third kappa shape index (κ3) is 2.74. The predicted octanol–water partition coefficient (Wildman–Crippen LogP) is 4.13. The Morgan fingerprint density at radius 2 is 2.00 bits per heavy atom. The van der Waals surface area contributed by atoms with Crippen LogP contribution in [0, 0.1) is 6.92 Å². The van der Waals surface area contributed by atoms with E-state index in [1.165, 1.54) is 5.56 Å². The summed E-state index contributed by atoms with van der Waals surface area (Å²) >= 11 is 7.76. The Morgan fingerprint density at radius 1 is 1.40 bits per heavy atom. The highest BCUT2D eigenvalue weighted by molar-refractivity contribution is 9.10. The lowest BCUT2D eigenvalue weighted by Gasteiger charge is -2.08. The number of thiol groups is 1. The highest BCUT2D eigenvalue weighted by atomic mass is 79.9. The summed E-state index contributed by atoms with van der Waals surface area (Å²) in [5, 5.41) is 0. The Balaban J connectivity index is 2.61. The minimum Gasteiger partial charge on any atom is -0.289 e. The summed E-state index contributed by atoms with van der Waals surface area (Å²) < 4.78 is 2.53. The van der Waals surface area contributed by atoms with E-state index in [-0.39, 0.29) is 5.78 Å². The number of carbonyl (C=O) groups is 1. The fraction of sp³-hybridized carbons (Fsp3) is 0.200. The lowest BCUT2D eigenvalue weighted by molar-refractivity contribution is 0.103. The zero-order valence-corrected chi connectivity index (χ0v) is 13.8. The number of imidazole rings is 1. The van der Waals surface area contributed by atoms with E-state index < -0.39 is 0 Å². The first-order chi connectivity index (χ1) is 9.45. The lowest BCUT2D eigenvalue weighted by atomic mass is 10.2. The highest BCUT2D eigenvalue weighted by Gasteiger charge is 2.21. The summed E-state index contributed by atoms with van der Waals surface area (Å²) in [5.41, 5.74) is 2.96. The van der Waals surface area contributed by atoms with Crippen molar-refractivity contribution in [1.29, 1.82) is 0 Å². The Hall–Kier alpha value is -1.33. The third-order valence-corrected chi connectivity index (χ3v) is 3.94. The Bertz CT molecular complexity index is 674. The van der Waals surface area contributed by atoms with Crippen LogP contribution in [-0.4, -0.2) is 15.3 Å². The first-order valence-electron chi connectivity index (χ1n) is 6.11. The molecule has 2 rings (SSSR count). The molecular weight excluding hydrogens is 336 g/mol. The van der Waals surface area contributed by atoms with Crippen LogP contribution in [0.4, 0.5) is 0 Å². The van der Waals surface area contributed by atoms with Gasteiger partial charge in [0, 0.05) is 11.4 Å². The first-order valence-corrected chi connectivity index (χ1v) is 7.53. The molecule has 5 heteroatoms. The van der Waals surface area contributed by atoms with Crippen LogP contribution in [0.3, 0.4) is 0 Å². The molecular formula is C15H15BrN2OS. The van der Waals surface area contributed by atoms with Gasteiger partial charge in [0.25, 0.3) is 0 Å². The van der Waals surface area contributed by atoms with Crippen molar-refractivity contribution in [2.24, 2.45) is 0 Å². The number of nitrogens with zero attached hydrogens (tertiary/aromatic N) is 2. The largest absolute Gasteiger partial charge is 0.289 e. The Labute approximate surface area is 132 Å². The molecule has 104 valence electrons. The average Bonchev–Trinajstić information content (AvgIpc) is 2.76. The van der Waals surface area contributed by atoms with Gasteiger partial charge in [-0.05, 0) is 47.5 Å². The topological polar surface area (TPSA) is 34.9 Å². The summed E-state index contributed by atoms with van der Waals surface area (Å²) in [6.07, 6.45) is 0. The molecule has 0 radical (unpaired) electrons. The lowest BCUT2D eigenvalue weighted by Crippen LogP contribution is -2.02. The molecule has 0 saturated heterocycles. The number of rotatable bonds is 4. The average molecular weight is 351 g/mol. The molecule has 2 aromatic rings. The number of aryl methyl sites for hydroxylation is 1. The zero-order valence-electron chi connectivity index (χ0n) is 11.4. The van der Waals surface area contributed by atoms with Gasteiger partial charge in [0.1, 0.15) is 16.1 Å². The van der Waals surface area contributed by atoms with E-state index in [1.807, 2.05) is 35.8 Å². The van der Waals surface area contributed by atoms with Crippen LogP contribution in [0.5, 0.6) is 0 Å². The smallest absolute Gasteiger partial charge is 0.209 e. The molecule has 0 atom stereocenters. The van der Waals surface area contributed by atoms with Gasteiger partial charge in [-0.25, -0.2) is 4.98 Å². The molecule has 0 saturated carbocycles. The van der Waals surface area contributed by atoms with Crippen molar-refractivity contribution < 1.29 is 4.79 Å². The maximum absolute atomic E-state index is 12.1. The van der Waals surface area contributed by atoms with Crippen LogP contribution in [0.1, 0.15) is 28.8 Å². The van der Waals surface area contributed by atoms with E-state index in [2.05, 4.69) is 40.1 Å². The molecule has 0 aliphatic carbocycles. The Morgan fingerprint density at radius 3 is 2.50 bits per heavy atom. The number of allylic oxidation sites excluding steroid dienone is 1. The number of benzene rings is 1. The molecule has 0 aliphatic heterocycles. The van der Waals surface area contributed by atoms with Crippen molar-refractivity contribution in [3.8, 4) is 5.69 Å². The molecule has 0 unspecified atom stereocenters. The van der Waals surface area contributed by atoms with Gasteiger partial charge >= 0.3 is 0 Å². The van der Waals surface area contributed by atoms with Gasteiger partial charge in [0.15, 0.2) is 0 Å². The summed E-state index contributed by atoms with van der Waals surface area (Å²) in [6, 6.07) is 8.02. The van der Waals surface area contributed by atoms with Crippen molar-refractivity contribution in [1.82, 2.24) is 9.55 Å². The molecule has 1 heterocycles. The monoisotopic (exact) mass is 350 g/mol. The highest BCUT2D eigenvalue weighted by Crippen LogP contribution is 2.26. The van der Waals surface area contributed by atoms with Crippen molar-refractivity contribution in [3.05, 3.63) is 58.1 Å². The van der Waals surface area contributed by atoms with Crippen molar-refractivity contribution >= 4 is 34.3 Å². The fourth-order valence-corrected chi connectivity index (χ4v) is 2.74. The molecule has 0 fully saturated rings. The first kappa shape index (κ1) is 15.1. The van der Waals surface area contributed by atoms with E-state index in [9.17, 15) is 4.79 Å². The minimum absolute atomic E-state index is 0.161. The van der Waals surface area contributed by atoms with Gasteiger partial charge in [-0.3, -0.25) is 9.36 Å². The summed E-state index contributed by atoms with van der Waals surface area (Å²) in [6.45, 7) is 7.39. The van der Waals surface area contributed by atoms with Gasteiger partial charge in [0.05, 0.1) is 0 Å². The molecule has 20 heavy (non-hydrogen) atoms. The SMILES string of the molecule is C=C(C)C(=O)c1nc(CS)n(-c2ccc(C)cc2)c1Br. The van der Waals surface area contributed by atoms with Gasteiger partial charge in [-0.1, -0.05) is 24.3 Å². The fourth-order valence-electron chi connectivity index (χ4n) is 1.85. The number of hydrogen-bond donors (Lipinski definition) is 1. The van der Waals surface area contributed by atoms with Crippen LogP contribution < -0.4 is 0 Å². The maximum atomic E-state index is 12.1. The maximum Gasteiger partial charge on any atom is 0.209 e. The summed E-state index contributed by atoms with van der Waals surface area (Å²) in [5.74, 6) is 0.995. The van der Waals surface area contributed by atoms with Gasteiger partial charge < -0.3 is 0 Å². The molecule has 0 amide bonds. The van der Waals surface area contributed by atoms with Gasteiger partial charge in [0.2, 0.25) is 5.78 Å². The number of halogens is 1. The van der Waals surface area contributed by atoms with Gasteiger partial charge in [-0.2, -0.15) is 12.6 Å². The molecule has 1 aromatic heterocycles. The number of hydrogen-bond acceptors (Lipinski definition) is 3. The van der Waals surface area contributed by atoms with E-state index in [4.69, 9.17) is 0 Å². The summed E-state index contributed by atoms with van der Waals surface area (Å²) in [4.78, 5) is 16.5. The second kappa shape index (κ2) is 5.97. The van der Waals surface area contributed by atoms with Crippen molar-refractivity contribution in [3.63, 3.8) is 0 Å². The van der Waals surface area contributed by atoms with E-state index in [0.29, 0.717) is 27.4 Å². The summed E-state index contributed by atoms with van der Waals surface area (Å²) in [7, 11) is 0. The molecule has 0 aliphatic rings. The van der Waals surface area contributed by atoms with Gasteiger partial charge in [-0.15, -0.1) is 0 Å². The molecule has 0 spiro atoms. The Kier molecular flexibility index (Phi) is 4.50. The van der Waals surface area contributed by atoms with Crippen LogP contribution >= 0.6 is 28.6 Å². The zero-order chi connectivity index (χ0) is 14.9. The van der Waals surface area contributed by atoms with E-state index in [1.54, 1.807) is 6.92 Å². The van der Waals surface area contributed by atoms with E-state index >= 15 is 0 Å². The van der Waals surface area contributed by atoms with Crippen molar-refractivity contribution in [2.45, 2.75) is 19.6 Å². The molecule has 3 nitrogen and oxygen atoms in total. The third-order valence-electron chi connectivity index (χ3n) is 2.93. The standard InChI is InChI=1S/C15H15BrN2OS/c1-9(2)14(19)13-15(16)18(12(8-20)17-13)11-6-4-10(3)5-7-11/h4-7,20H,1,8H2,2-3H3. The van der Waals surface area contributed by atoms with Crippen LogP contribution in [0.2, 0.25) is 0 Å². The number of Topliss-reactive ketones (excluding diaryl/α,β-unsaturated/α-hetero) is 1. The van der Waals surface area contributed by atoms with E-state index in [0.717, 1.165) is 5.69 Å². The normalized spacial score (nSPS) is 10.6. The van der Waals surface area contributed by atoms with Crippen LogP contribution in [0.15, 0.2) is 41.0 Å². The molecule has 0 N–H and O–H groups in total. The number of aromatic nitrogens is 2. The minimum atomic E-state index is -0.161. The number of ketones is 1. The van der Waals surface area contributed by atoms with Crippen LogP contribution in [-0.2, 0) is 5.75 Å². The quantitative estimate of drug-likeness (QED) is 0.511. The second-order valence-electron chi connectivity index (χ2n) is 4.61. The number of carbonyl (C=O) groups excluding carboxylic acids is 1. The molecule has 0 bridgehead atoms. The second-order valence-corrected chi connectivity index (χ2v) is 5.67. The van der Waals surface area contributed by atoms with Crippen molar-refractivity contribution in [2.75, 3.05) is 0 Å². The molecule has 1 aromatic carbocycles.